The molecule has 0 bridgehead atoms. The molecular weight excluding hydrogens is 460 g/mol. The molecule has 3 heterocycles. The van der Waals surface area contributed by atoms with Crippen molar-refractivity contribution in [3.63, 3.8) is 0 Å². The molecule has 1 aromatic carbocycles. The summed E-state index contributed by atoms with van der Waals surface area (Å²) in [5, 5.41) is 9.06. The number of carbonyl (C=O) groups is 1. The van der Waals surface area contributed by atoms with Crippen LogP contribution in [0.2, 0.25) is 5.02 Å². The number of rotatable bonds is 6. The molecule has 8 nitrogen and oxygen atoms in total. The van der Waals surface area contributed by atoms with Gasteiger partial charge in [-0.2, -0.15) is 9.29 Å². The van der Waals surface area contributed by atoms with Crippen LogP contribution in [0.1, 0.15) is 24.3 Å². The van der Waals surface area contributed by atoms with Crippen LogP contribution in [-0.2, 0) is 21.4 Å². The van der Waals surface area contributed by atoms with Crippen molar-refractivity contribution in [2.24, 2.45) is 5.92 Å². The predicted octanol–water partition coefficient (Wildman–Crippen LogP) is 3.48. The second-order valence-corrected chi connectivity index (χ2v) is 10.9. The van der Waals surface area contributed by atoms with Crippen LogP contribution in [0, 0.1) is 12.8 Å². The van der Waals surface area contributed by atoms with Gasteiger partial charge in [0.2, 0.25) is 17.6 Å². The molecule has 0 radical (unpaired) electrons. The predicted molar refractivity (Wildman–Crippen MR) is 117 cm³/mol. The van der Waals surface area contributed by atoms with Gasteiger partial charge in [0, 0.05) is 42.5 Å². The Bertz CT molecular complexity index is 1170. The summed E-state index contributed by atoms with van der Waals surface area (Å²) in [5.74, 6) is 0.224. The maximum Gasteiger partial charge on any atom is 0.252 e. The molecule has 31 heavy (non-hydrogen) atoms. The molecule has 3 aromatic rings. The highest BCUT2D eigenvalue weighted by molar-refractivity contribution is 7.91. The number of benzene rings is 1. The van der Waals surface area contributed by atoms with E-state index in [4.69, 9.17) is 16.1 Å². The summed E-state index contributed by atoms with van der Waals surface area (Å²) in [6.45, 7) is 2.59. The van der Waals surface area contributed by atoms with Gasteiger partial charge in [-0.15, -0.1) is 11.3 Å². The average Bonchev–Trinajstić information content (AvgIpc) is 3.43. The number of nitrogens with one attached hydrogen (secondary N) is 1. The molecule has 1 atom stereocenters. The molecule has 0 saturated carbocycles. The minimum absolute atomic E-state index is 0.149. The third-order valence-corrected chi connectivity index (χ3v) is 8.62. The third-order valence-electron chi connectivity index (χ3n) is 5.09. The lowest BCUT2D eigenvalue weighted by atomic mass is 9.99. The fourth-order valence-corrected chi connectivity index (χ4v) is 6.38. The first-order valence-electron chi connectivity index (χ1n) is 9.74. The van der Waals surface area contributed by atoms with Crippen molar-refractivity contribution in [1.82, 2.24) is 19.8 Å². The molecule has 4 rings (SSSR count). The van der Waals surface area contributed by atoms with Gasteiger partial charge >= 0.3 is 0 Å². The van der Waals surface area contributed by atoms with Crippen molar-refractivity contribution < 1.29 is 17.7 Å². The van der Waals surface area contributed by atoms with Crippen LogP contribution in [0.15, 0.2) is 44.4 Å². The molecule has 1 aliphatic heterocycles. The Hall–Kier alpha value is -2.27. The van der Waals surface area contributed by atoms with Crippen LogP contribution in [-0.4, -0.2) is 41.9 Å². The van der Waals surface area contributed by atoms with Crippen molar-refractivity contribution >= 4 is 38.9 Å². The van der Waals surface area contributed by atoms with Crippen molar-refractivity contribution in [2.45, 2.75) is 30.5 Å². The normalized spacial score (nSPS) is 17.5. The first kappa shape index (κ1) is 21.9. The first-order chi connectivity index (χ1) is 14.8. The number of hydrogen-bond donors (Lipinski definition) is 1. The molecule has 1 aliphatic rings. The zero-order valence-electron chi connectivity index (χ0n) is 16.7. The SMILES string of the molecule is Cc1nc(-c2csc(S(=O)(=O)N3CCC[C@H](C(=O)NCc4ccc(Cl)cc4)C3)c2)no1. The van der Waals surface area contributed by atoms with Crippen LogP contribution in [0.5, 0.6) is 0 Å². The Morgan fingerprint density at radius 3 is 2.84 bits per heavy atom. The summed E-state index contributed by atoms with van der Waals surface area (Å²) < 4.78 is 32.8. The van der Waals surface area contributed by atoms with E-state index < -0.39 is 15.9 Å². The second kappa shape index (κ2) is 9.07. The molecule has 0 unspecified atom stereocenters. The van der Waals surface area contributed by atoms with Crippen LogP contribution in [0.3, 0.4) is 0 Å². The van der Waals surface area contributed by atoms with E-state index in [1.807, 2.05) is 12.1 Å². The standard InChI is InChI=1S/C20H21ClN4O4S2/c1-13-23-19(24-29-13)16-9-18(30-12-16)31(27,28)25-8-2-3-15(11-25)20(26)22-10-14-4-6-17(21)7-5-14/h4-7,9,12,15H,2-3,8,10-11H2,1H3,(H,22,26)/t15-/m0/s1. The fraction of sp³-hybridized carbons (Fsp3) is 0.350. The molecular formula is C20H21ClN4O4S2. The number of amides is 1. The van der Waals surface area contributed by atoms with Gasteiger partial charge in [0.25, 0.3) is 10.0 Å². The Balaban J connectivity index is 1.41. The Kier molecular flexibility index (Phi) is 6.42. The minimum Gasteiger partial charge on any atom is -0.352 e. The molecule has 1 fully saturated rings. The lowest BCUT2D eigenvalue weighted by Gasteiger charge is -2.30. The Labute approximate surface area is 189 Å². The summed E-state index contributed by atoms with van der Waals surface area (Å²) in [6, 6.07) is 8.78. The second-order valence-electron chi connectivity index (χ2n) is 7.34. The molecule has 0 aliphatic carbocycles. The monoisotopic (exact) mass is 480 g/mol. The number of piperidine rings is 1. The molecule has 1 N–H and O–H groups in total. The fourth-order valence-electron chi connectivity index (χ4n) is 3.42. The van der Waals surface area contributed by atoms with Crippen LogP contribution < -0.4 is 5.32 Å². The van der Waals surface area contributed by atoms with Gasteiger partial charge < -0.3 is 9.84 Å². The number of hydrogen-bond acceptors (Lipinski definition) is 7. The highest BCUT2D eigenvalue weighted by Gasteiger charge is 2.34. The van der Waals surface area contributed by atoms with E-state index in [1.54, 1.807) is 30.5 Å². The molecule has 11 heteroatoms. The van der Waals surface area contributed by atoms with E-state index in [9.17, 15) is 13.2 Å². The van der Waals surface area contributed by atoms with Crippen molar-refractivity contribution in [2.75, 3.05) is 13.1 Å². The summed E-state index contributed by atoms with van der Waals surface area (Å²) in [5.41, 5.74) is 1.52. The largest absolute Gasteiger partial charge is 0.352 e. The summed E-state index contributed by atoms with van der Waals surface area (Å²) in [4.78, 5) is 16.8. The van der Waals surface area contributed by atoms with E-state index in [1.165, 1.54) is 4.31 Å². The van der Waals surface area contributed by atoms with Crippen molar-refractivity contribution in [3.8, 4) is 11.4 Å². The van der Waals surface area contributed by atoms with Crippen molar-refractivity contribution in [3.05, 3.63) is 52.2 Å². The number of aromatic nitrogens is 2. The van der Waals surface area contributed by atoms with Gasteiger partial charge in [-0.25, -0.2) is 8.42 Å². The van der Waals surface area contributed by atoms with Gasteiger partial charge in [0.05, 0.1) is 5.92 Å². The number of aryl methyl sites for hydroxylation is 1. The Morgan fingerprint density at radius 2 is 2.13 bits per heavy atom. The van der Waals surface area contributed by atoms with Crippen LogP contribution >= 0.6 is 22.9 Å². The minimum atomic E-state index is -3.71. The topological polar surface area (TPSA) is 105 Å². The zero-order chi connectivity index (χ0) is 22.0. The number of halogens is 1. The number of nitrogens with zero attached hydrogens (tertiary/aromatic N) is 3. The van der Waals surface area contributed by atoms with Crippen molar-refractivity contribution in [1.29, 1.82) is 0 Å². The molecule has 2 aromatic heterocycles. The molecule has 1 amide bonds. The van der Waals surface area contributed by atoms with Gasteiger partial charge in [-0.3, -0.25) is 4.79 Å². The molecule has 0 spiro atoms. The number of carbonyl (C=O) groups excluding carboxylic acids is 1. The lowest BCUT2D eigenvalue weighted by molar-refractivity contribution is -0.126. The maximum atomic E-state index is 13.1. The van der Waals surface area contributed by atoms with Gasteiger partial charge in [-0.05, 0) is 36.6 Å². The lowest BCUT2D eigenvalue weighted by Crippen LogP contribution is -2.45. The van der Waals surface area contributed by atoms with E-state index in [0.29, 0.717) is 48.2 Å². The van der Waals surface area contributed by atoms with Crippen LogP contribution in [0.4, 0.5) is 0 Å². The first-order valence-corrected chi connectivity index (χ1v) is 12.4. The maximum absolute atomic E-state index is 13.1. The zero-order valence-corrected chi connectivity index (χ0v) is 19.1. The smallest absolute Gasteiger partial charge is 0.252 e. The van der Waals surface area contributed by atoms with E-state index in [0.717, 1.165) is 16.9 Å². The van der Waals surface area contributed by atoms with E-state index >= 15 is 0 Å². The van der Waals surface area contributed by atoms with E-state index in [2.05, 4.69) is 15.5 Å². The average molecular weight is 481 g/mol. The third kappa shape index (κ3) is 4.98. The number of sulfonamides is 1. The quantitative estimate of drug-likeness (QED) is 0.579. The van der Waals surface area contributed by atoms with Crippen LogP contribution in [0.25, 0.3) is 11.4 Å². The summed E-state index contributed by atoms with van der Waals surface area (Å²) >= 11 is 6.99. The summed E-state index contributed by atoms with van der Waals surface area (Å²) in [7, 11) is -3.71. The van der Waals surface area contributed by atoms with Gasteiger partial charge in [-0.1, -0.05) is 28.9 Å². The molecule has 1 saturated heterocycles. The van der Waals surface area contributed by atoms with E-state index in [-0.39, 0.29) is 16.7 Å². The summed E-state index contributed by atoms with van der Waals surface area (Å²) in [6.07, 6.45) is 1.27. The number of thiophene rings is 1. The highest BCUT2D eigenvalue weighted by atomic mass is 35.5. The highest BCUT2D eigenvalue weighted by Crippen LogP contribution is 2.31. The van der Waals surface area contributed by atoms with Gasteiger partial charge in [0.15, 0.2) is 0 Å². The Morgan fingerprint density at radius 1 is 1.35 bits per heavy atom. The van der Waals surface area contributed by atoms with Gasteiger partial charge in [0.1, 0.15) is 4.21 Å². The molecule has 164 valence electrons.